The highest BCUT2D eigenvalue weighted by atomic mass is 16.6. The molecule has 0 aromatic carbocycles. The van der Waals surface area contributed by atoms with Crippen LogP contribution >= 0.6 is 0 Å². The fourth-order valence-corrected chi connectivity index (χ4v) is 1.45. The van der Waals surface area contributed by atoms with Gasteiger partial charge in [0.25, 0.3) is 0 Å². The second-order valence-electron chi connectivity index (χ2n) is 5.25. The van der Waals surface area contributed by atoms with Crippen LogP contribution in [0.3, 0.4) is 0 Å². The van der Waals surface area contributed by atoms with Crippen LogP contribution in [0, 0.1) is 6.92 Å². The molecule has 0 unspecified atom stereocenters. The number of carbonyl (C=O) groups excluding carboxylic acids is 1. The molecule has 6 heteroatoms. The minimum atomic E-state index is -1.14. The summed E-state index contributed by atoms with van der Waals surface area (Å²) in [6.07, 6.45) is -0.689. The van der Waals surface area contributed by atoms with Gasteiger partial charge in [-0.2, -0.15) is 0 Å². The van der Waals surface area contributed by atoms with E-state index in [-0.39, 0.29) is 6.42 Å². The van der Waals surface area contributed by atoms with Gasteiger partial charge in [-0.3, -0.25) is 0 Å². The maximum absolute atomic E-state index is 11.5. The molecule has 0 bridgehead atoms. The summed E-state index contributed by atoms with van der Waals surface area (Å²) in [5.74, 6) is 0.0530. The zero-order chi connectivity index (χ0) is 14.6. The number of hydrogen-bond donors (Lipinski definition) is 2. The first-order valence-electron chi connectivity index (χ1n) is 5.95. The molecule has 0 saturated heterocycles. The summed E-state index contributed by atoms with van der Waals surface area (Å²) in [6, 6.07) is 2.34. The van der Waals surface area contributed by atoms with Crippen molar-refractivity contribution in [2.45, 2.75) is 45.8 Å². The quantitative estimate of drug-likeness (QED) is 0.873. The Balaban J connectivity index is 2.63. The van der Waals surface area contributed by atoms with E-state index in [1.54, 1.807) is 39.8 Å². The zero-order valence-corrected chi connectivity index (χ0v) is 11.5. The van der Waals surface area contributed by atoms with E-state index < -0.39 is 23.7 Å². The number of aliphatic carboxylic acids is 1. The molecule has 1 atom stereocenters. The van der Waals surface area contributed by atoms with Gasteiger partial charge in [0.1, 0.15) is 23.2 Å². The first-order chi connectivity index (χ1) is 8.67. The third kappa shape index (κ3) is 5.46. The maximum Gasteiger partial charge on any atom is 0.408 e. The topological polar surface area (TPSA) is 88.8 Å². The number of carboxylic acid groups (broad SMARTS) is 1. The van der Waals surface area contributed by atoms with E-state index in [1.165, 1.54) is 0 Å². The van der Waals surface area contributed by atoms with Crippen molar-refractivity contribution in [1.29, 1.82) is 0 Å². The van der Waals surface area contributed by atoms with Gasteiger partial charge in [0, 0.05) is 6.42 Å². The minimum absolute atomic E-state index is 0.0718. The number of carbonyl (C=O) groups is 2. The van der Waals surface area contributed by atoms with Crippen molar-refractivity contribution in [3.8, 4) is 0 Å². The monoisotopic (exact) mass is 269 g/mol. The highest BCUT2D eigenvalue weighted by molar-refractivity contribution is 5.80. The summed E-state index contributed by atoms with van der Waals surface area (Å²) in [5, 5.41) is 11.4. The molecule has 0 aliphatic carbocycles. The second kappa shape index (κ2) is 5.77. The SMILES string of the molecule is Cc1ccc(C[C@H](NC(=O)OC(C)(C)C)C(=O)O)o1. The molecule has 1 rings (SSSR count). The van der Waals surface area contributed by atoms with Crippen molar-refractivity contribution < 1.29 is 23.8 Å². The fraction of sp³-hybridized carbons (Fsp3) is 0.538. The zero-order valence-electron chi connectivity index (χ0n) is 11.5. The fourth-order valence-electron chi connectivity index (χ4n) is 1.45. The summed E-state index contributed by atoms with van der Waals surface area (Å²) < 4.78 is 10.3. The number of carboxylic acids is 1. The Morgan fingerprint density at radius 2 is 2.05 bits per heavy atom. The average molecular weight is 269 g/mol. The van der Waals surface area contributed by atoms with Crippen LogP contribution in [0.25, 0.3) is 0 Å². The van der Waals surface area contributed by atoms with Gasteiger partial charge < -0.3 is 19.6 Å². The molecule has 106 valence electrons. The van der Waals surface area contributed by atoms with Crippen LogP contribution in [-0.2, 0) is 16.0 Å². The van der Waals surface area contributed by atoms with Crippen molar-refractivity contribution in [2.24, 2.45) is 0 Å². The molecule has 0 spiro atoms. The third-order valence-corrected chi connectivity index (χ3v) is 2.19. The van der Waals surface area contributed by atoms with Crippen molar-refractivity contribution in [1.82, 2.24) is 5.32 Å². The van der Waals surface area contributed by atoms with E-state index >= 15 is 0 Å². The van der Waals surface area contributed by atoms with Crippen LogP contribution in [-0.4, -0.2) is 28.8 Å². The van der Waals surface area contributed by atoms with Crippen molar-refractivity contribution in [3.63, 3.8) is 0 Å². The molecule has 1 amide bonds. The molecular weight excluding hydrogens is 250 g/mol. The molecule has 1 heterocycles. The lowest BCUT2D eigenvalue weighted by molar-refractivity contribution is -0.139. The molecule has 19 heavy (non-hydrogen) atoms. The summed E-state index contributed by atoms with van der Waals surface area (Å²) in [4.78, 5) is 22.6. The summed E-state index contributed by atoms with van der Waals surface area (Å²) >= 11 is 0. The first-order valence-corrected chi connectivity index (χ1v) is 5.95. The van der Waals surface area contributed by atoms with E-state index in [0.29, 0.717) is 11.5 Å². The smallest absolute Gasteiger partial charge is 0.408 e. The lowest BCUT2D eigenvalue weighted by Gasteiger charge is -2.21. The Bertz CT molecular complexity index is 458. The van der Waals surface area contributed by atoms with Crippen LogP contribution in [0.2, 0.25) is 0 Å². The summed E-state index contributed by atoms with van der Waals surface area (Å²) in [7, 11) is 0. The van der Waals surface area contributed by atoms with Gasteiger partial charge in [-0.15, -0.1) is 0 Å². The number of furan rings is 1. The number of nitrogens with one attached hydrogen (secondary N) is 1. The number of rotatable bonds is 4. The summed E-state index contributed by atoms with van der Waals surface area (Å²) in [6.45, 7) is 6.88. The number of alkyl carbamates (subject to hydrolysis) is 1. The van der Waals surface area contributed by atoms with Crippen LogP contribution in [0.5, 0.6) is 0 Å². The van der Waals surface area contributed by atoms with Crippen molar-refractivity contribution in [3.05, 3.63) is 23.7 Å². The van der Waals surface area contributed by atoms with Gasteiger partial charge >= 0.3 is 12.1 Å². The van der Waals surface area contributed by atoms with E-state index in [2.05, 4.69) is 5.32 Å². The predicted octanol–water partition coefficient (Wildman–Crippen LogP) is 2.11. The van der Waals surface area contributed by atoms with Crippen molar-refractivity contribution >= 4 is 12.1 Å². The molecule has 0 radical (unpaired) electrons. The minimum Gasteiger partial charge on any atom is -0.480 e. The van der Waals surface area contributed by atoms with E-state index in [4.69, 9.17) is 14.3 Å². The molecule has 0 aliphatic heterocycles. The molecule has 0 fully saturated rings. The van der Waals surface area contributed by atoms with Crippen molar-refractivity contribution in [2.75, 3.05) is 0 Å². The van der Waals surface area contributed by atoms with Gasteiger partial charge in [-0.1, -0.05) is 0 Å². The Hall–Kier alpha value is -1.98. The van der Waals surface area contributed by atoms with Crippen LogP contribution in [0.1, 0.15) is 32.3 Å². The van der Waals surface area contributed by atoms with Gasteiger partial charge in [-0.05, 0) is 39.8 Å². The molecule has 1 aromatic heterocycles. The number of aryl methyl sites for hydroxylation is 1. The molecule has 6 nitrogen and oxygen atoms in total. The standard InChI is InChI=1S/C13H19NO5/c1-8-5-6-9(18-8)7-10(11(15)16)14-12(17)19-13(2,3)4/h5-6,10H,7H2,1-4H3,(H,14,17)(H,15,16)/t10-/m0/s1. The van der Waals surface area contributed by atoms with Gasteiger partial charge in [-0.25, -0.2) is 9.59 Å². The number of ether oxygens (including phenoxy) is 1. The number of amides is 1. The first kappa shape index (κ1) is 15.1. The highest BCUT2D eigenvalue weighted by Crippen LogP contribution is 2.11. The highest BCUT2D eigenvalue weighted by Gasteiger charge is 2.25. The van der Waals surface area contributed by atoms with E-state index in [0.717, 1.165) is 0 Å². The van der Waals surface area contributed by atoms with Gasteiger partial charge in [0.15, 0.2) is 0 Å². The lowest BCUT2D eigenvalue weighted by atomic mass is 10.1. The predicted molar refractivity (Wildman–Crippen MR) is 67.9 cm³/mol. The number of hydrogen-bond acceptors (Lipinski definition) is 4. The van der Waals surface area contributed by atoms with E-state index in [1.807, 2.05) is 0 Å². The van der Waals surface area contributed by atoms with Gasteiger partial charge in [0.2, 0.25) is 0 Å². The van der Waals surface area contributed by atoms with Gasteiger partial charge in [0.05, 0.1) is 0 Å². The Kier molecular flexibility index (Phi) is 4.58. The van der Waals surface area contributed by atoms with Crippen LogP contribution in [0.15, 0.2) is 16.5 Å². The van der Waals surface area contributed by atoms with E-state index in [9.17, 15) is 9.59 Å². The molecule has 2 N–H and O–H groups in total. The molecule has 0 saturated carbocycles. The largest absolute Gasteiger partial charge is 0.480 e. The second-order valence-corrected chi connectivity index (χ2v) is 5.25. The third-order valence-electron chi connectivity index (χ3n) is 2.19. The average Bonchev–Trinajstić information content (AvgIpc) is 2.60. The maximum atomic E-state index is 11.5. The normalized spacial score (nSPS) is 12.8. The molecule has 0 aliphatic rings. The van der Waals surface area contributed by atoms with Crippen LogP contribution < -0.4 is 5.32 Å². The molecular formula is C13H19NO5. The lowest BCUT2D eigenvalue weighted by Crippen LogP contribution is -2.44. The Labute approximate surface area is 111 Å². The molecule has 1 aromatic rings. The Morgan fingerprint density at radius 3 is 2.47 bits per heavy atom. The summed E-state index contributed by atoms with van der Waals surface area (Å²) in [5.41, 5.74) is -0.672. The Morgan fingerprint density at radius 1 is 1.42 bits per heavy atom. The van der Waals surface area contributed by atoms with Crippen LogP contribution in [0.4, 0.5) is 4.79 Å².